The minimum atomic E-state index is 0.690. The number of benzene rings is 1. The summed E-state index contributed by atoms with van der Waals surface area (Å²) >= 11 is 0. The zero-order chi connectivity index (χ0) is 11.8. The number of piperidine rings is 1. The molecule has 0 amide bonds. The first-order valence-corrected chi connectivity index (χ1v) is 6.53. The first-order valence-electron chi connectivity index (χ1n) is 6.53. The lowest BCUT2D eigenvalue weighted by Crippen LogP contribution is -2.28. The summed E-state index contributed by atoms with van der Waals surface area (Å²) < 4.78 is 2.33. The van der Waals surface area contributed by atoms with Crippen molar-refractivity contribution in [1.29, 1.82) is 0 Å². The van der Waals surface area contributed by atoms with Gasteiger partial charge in [0.2, 0.25) is 0 Å². The van der Waals surface area contributed by atoms with Gasteiger partial charge in [0, 0.05) is 30.2 Å². The molecule has 1 fully saturated rings. The van der Waals surface area contributed by atoms with E-state index in [2.05, 4.69) is 48.1 Å². The molecule has 17 heavy (non-hydrogen) atoms. The Hall–Kier alpha value is -1.28. The highest BCUT2D eigenvalue weighted by molar-refractivity contribution is 5.86. The van der Waals surface area contributed by atoms with Crippen molar-refractivity contribution in [3.05, 3.63) is 35.5 Å². The van der Waals surface area contributed by atoms with Gasteiger partial charge in [0.05, 0.1) is 0 Å². The van der Waals surface area contributed by atoms with E-state index in [9.17, 15) is 0 Å². The fraction of sp³-hybridized carbons (Fsp3) is 0.467. The van der Waals surface area contributed by atoms with Gasteiger partial charge in [-0.25, -0.2) is 0 Å². The molecule has 0 spiro atoms. The molecule has 0 aliphatic carbocycles. The number of aromatic nitrogens is 1. The van der Waals surface area contributed by atoms with Crippen LogP contribution in [0.5, 0.6) is 0 Å². The molecule has 90 valence electrons. The van der Waals surface area contributed by atoms with Crippen LogP contribution in [0.15, 0.2) is 24.3 Å². The summed E-state index contributed by atoms with van der Waals surface area (Å²) in [5.41, 5.74) is 4.36. The number of aryl methyl sites for hydroxylation is 1. The van der Waals surface area contributed by atoms with Crippen molar-refractivity contribution in [2.75, 3.05) is 13.1 Å². The van der Waals surface area contributed by atoms with E-state index in [1.54, 1.807) is 5.56 Å². The van der Waals surface area contributed by atoms with E-state index in [-0.39, 0.29) is 0 Å². The summed E-state index contributed by atoms with van der Waals surface area (Å²) in [5, 5.41) is 4.97. The molecule has 3 rings (SSSR count). The Morgan fingerprint density at radius 2 is 2.12 bits per heavy atom. The van der Waals surface area contributed by atoms with Gasteiger partial charge in [-0.3, -0.25) is 0 Å². The van der Waals surface area contributed by atoms with E-state index in [0.29, 0.717) is 5.92 Å². The second-order valence-corrected chi connectivity index (χ2v) is 5.12. The molecule has 2 aromatic rings. The summed E-state index contributed by atoms with van der Waals surface area (Å²) in [7, 11) is 2.18. The summed E-state index contributed by atoms with van der Waals surface area (Å²) in [6.45, 7) is 4.57. The number of rotatable bonds is 1. The third-order valence-electron chi connectivity index (χ3n) is 4.15. The molecule has 1 aliphatic rings. The van der Waals surface area contributed by atoms with Crippen molar-refractivity contribution >= 4 is 10.9 Å². The quantitative estimate of drug-likeness (QED) is 0.794. The van der Waals surface area contributed by atoms with Crippen molar-refractivity contribution in [2.24, 2.45) is 7.05 Å². The molecule has 1 aliphatic heterocycles. The number of hydrogen-bond donors (Lipinski definition) is 1. The first kappa shape index (κ1) is 10.8. The second kappa shape index (κ2) is 4.19. The van der Waals surface area contributed by atoms with Crippen LogP contribution >= 0.6 is 0 Å². The zero-order valence-electron chi connectivity index (χ0n) is 10.7. The Kier molecular flexibility index (Phi) is 2.67. The van der Waals surface area contributed by atoms with Gasteiger partial charge in [-0.2, -0.15) is 0 Å². The molecular formula is C15H20N2. The third kappa shape index (κ3) is 1.67. The van der Waals surface area contributed by atoms with E-state index in [1.807, 2.05) is 0 Å². The first-order chi connectivity index (χ1) is 8.29. The summed E-state index contributed by atoms with van der Waals surface area (Å²) in [4.78, 5) is 0. The predicted molar refractivity (Wildman–Crippen MR) is 72.5 cm³/mol. The number of hydrogen-bond acceptors (Lipinski definition) is 1. The maximum absolute atomic E-state index is 3.53. The molecule has 2 heteroatoms. The van der Waals surface area contributed by atoms with Crippen LogP contribution in [0.25, 0.3) is 10.9 Å². The lowest BCUT2D eigenvalue weighted by atomic mass is 9.89. The molecule has 1 N–H and O–H groups in total. The zero-order valence-corrected chi connectivity index (χ0v) is 10.7. The van der Waals surface area contributed by atoms with Gasteiger partial charge in [0.1, 0.15) is 0 Å². The van der Waals surface area contributed by atoms with Crippen molar-refractivity contribution in [3.63, 3.8) is 0 Å². The van der Waals surface area contributed by atoms with Crippen molar-refractivity contribution in [2.45, 2.75) is 25.7 Å². The third-order valence-corrected chi connectivity index (χ3v) is 4.15. The maximum Gasteiger partial charge on any atom is 0.0482 e. The fourth-order valence-electron chi connectivity index (χ4n) is 3.16. The molecule has 1 aromatic heterocycles. The van der Waals surface area contributed by atoms with Crippen LogP contribution in [0.3, 0.4) is 0 Å². The molecule has 1 unspecified atom stereocenters. The molecule has 2 heterocycles. The maximum atomic E-state index is 3.53. The molecule has 0 saturated carbocycles. The SMILES string of the molecule is Cc1c(C2CCCNC2)c2ccccc2n1C. The number of fused-ring (bicyclic) bond motifs is 1. The highest BCUT2D eigenvalue weighted by Gasteiger charge is 2.22. The minimum Gasteiger partial charge on any atom is -0.348 e. The molecule has 1 atom stereocenters. The molecule has 2 nitrogen and oxygen atoms in total. The monoisotopic (exact) mass is 228 g/mol. The van der Waals surface area contributed by atoms with Crippen LogP contribution in [0.1, 0.15) is 30.0 Å². The fourth-order valence-corrected chi connectivity index (χ4v) is 3.16. The van der Waals surface area contributed by atoms with Gasteiger partial charge in [-0.15, -0.1) is 0 Å². The van der Waals surface area contributed by atoms with Crippen molar-refractivity contribution in [1.82, 2.24) is 9.88 Å². The second-order valence-electron chi connectivity index (χ2n) is 5.12. The van der Waals surface area contributed by atoms with Gasteiger partial charge in [0.15, 0.2) is 0 Å². The Labute approximate surface area is 103 Å². The lowest BCUT2D eigenvalue weighted by molar-refractivity contribution is 0.461. The molecule has 0 radical (unpaired) electrons. The van der Waals surface area contributed by atoms with Gasteiger partial charge >= 0.3 is 0 Å². The number of nitrogens with zero attached hydrogens (tertiary/aromatic N) is 1. The Morgan fingerprint density at radius 1 is 1.29 bits per heavy atom. The standard InChI is InChI=1S/C15H20N2/c1-11-15(12-6-5-9-16-10-12)13-7-3-4-8-14(13)17(11)2/h3-4,7-8,12,16H,5-6,9-10H2,1-2H3. The average molecular weight is 228 g/mol. The largest absolute Gasteiger partial charge is 0.348 e. The van der Waals surface area contributed by atoms with E-state index in [0.717, 1.165) is 6.54 Å². The normalized spacial score (nSPS) is 20.9. The highest BCUT2D eigenvalue weighted by Crippen LogP contribution is 2.34. The van der Waals surface area contributed by atoms with Gasteiger partial charge < -0.3 is 9.88 Å². The van der Waals surface area contributed by atoms with Gasteiger partial charge in [-0.05, 0) is 43.9 Å². The van der Waals surface area contributed by atoms with Gasteiger partial charge in [0.25, 0.3) is 0 Å². The van der Waals surface area contributed by atoms with Gasteiger partial charge in [-0.1, -0.05) is 18.2 Å². The molecule has 1 saturated heterocycles. The topological polar surface area (TPSA) is 17.0 Å². The summed E-state index contributed by atoms with van der Waals surface area (Å²) in [6, 6.07) is 8.78. The average Bonchev–Trinajstić information content (AvgIpc) is 2.64. The van der Waals surface area contributed by atoms with E-state index < -0.39 is 0 Å². The van der Waals surface area contributed by atoms with E-state index >= 15 is 0 Å². The van der Waals surface area contributed by atoms with E-state index in [4.69, 9.17) is 0 Å². The van der Waals surface area contributed by atoms with Crippen LogP contribution < -0.4 is 5.32 Å². The van der Waals surface area contributed by atoms with E-state index in [1.165, 1.54) is 36.0 Å². The Bertz CT molecular complexity index is 533. The molecule has 1 aromatic carbocycles. The van der Waals surface area contributed by atoms with Crippen molar-refractivity contribution in [3.8, 4) is 0 Å². The highest BCUT2D eigenvalue weighted by atomic mass is 15.0. The summed E-state index contributed by atoms with van der Waals surface area (Å²) in [6.07, 6.45) is 2.62. The molecular weight excluding hydrogens is 208 g/mol. The van der Waals surface area contributed by atoms with Crippen LogP contribution in [-0.4, -0.2) is 17.7 Å². The minimum absolute atomic E-state index is 0.690. The molecule has 0 bridgehead atoms. The summed E-state index contributed by atoms with van der Waals surface area (Å²) in [5.74, 6) is 0.690. The Balaban J connectivity index is 2.17. The van der Waals surface area contributed by atoms with Crippen LogP contribution in [-0.2, 0) is 7.05 Å². The van der Waals surface area contributed by atoms with Crippen LogP contribution in [0.4, 0.5) is 0 Å². The Morgan fingerprint density at radius 3 is 2.88 bits per heavy atom. The smallest absolute Gasteiger partial charge is 0.0482 e. The number of nitrogens with one attached hydrogen (secondary N) is 1. The predicted octanol–water partition coefficient (Wildman–Crippen LogP) is 2.95. The van der Waals surface area contributed by atoms with Crippen LogP contribution in [0.2, 0.25) is 0 Å². The van der Waals surface area contributed by atoms with Crippen molar-refractivity contribution < 1.29 is 0 Å². The number of para-hydroxylation sites is 1. The lowest BCUT2D eigenvalue weighted by Gasteiger charge is -2.23. The van der Waals surface area contributed by atoms with Crippen LogP contribution in [0, 0.1) is 6.92 Å².